The van der Waals surface area contributed by atoms with E-state index in [1.807, 2.05) is 6.08 Å². The zero-order chi connectivity index (χ0) is 18.0. The van der Waals surface area contributed by atoms with Crippen LogP contribution in [-0.2, 0) is 4.79 Å². The number of aliphatic hydroxyl groups is 2. The molecule has 2 aliphatic carbocycles. The third-order valence-corrected chi connectivity index (χ3v) is 6.83. The van der Waals surface area contributed by atoms with E-state index < -0.39 is 5.97 Å². The number of rotatable bonds is 6. The van der Waals surface area contributed by atoms with Gasteiger partial charge in [-0.05, 0) is 61.3 Å². The van der Waals surface area contributed by atoms with Crippen molar-refractivity contribution < 1.29 is 20.1 Å². The van der Waals surface area contributed by atoms with E-state index in [2.05, 4.69) is 19.9 Å². The van der Waals surface area contributed by atoms with Crippen molar-refractivity contribution in [2.24, 2.45) is 22.7 Å². The summed E-state index contributed by atoms with van der Waals surface area (Å²) in [5.74, 6) is -0.343. The zero-order valence-corrected chi connectivity index (χ0v) is 15.2. The summed E-state index contributed by atoms with van der Waals surface area (Å²) < 4.78 is 0. The molecule has 136 valence electrons. The lowest BCUT2D eigenvalue weighted by Gasteiger charge is -2.57. The van der Waals surface area contributed by atoms with Crippen LogP contribution < -0.4 is 0 Å². The normalized spacial score (nSPS) is 36.9. The zero-order valence-electron chi connectivity index (χ0n) is 15.2. The van der Waals surface area contributed by atoms with E-state index in [4.69, 9.17) is 5.11 Å². The Morgan fingerprint density at radius 2 is 2.04 bits per heavy atom. The molecule has 0 radical (unpaired) electrons. The van der Waals surface area contributed by atoms with E-state index in [9.17, 15) is 15.0 Å². The fraction of sp³-hybridized carbons (Fsp3) is 0.750. The maximum Gasteiger partial charge on any atom is 0.330 e. The predicted molar refractivity (Wildman–Crippen MR) is 94.5 cm³/mol. The summed E-state index contributed by atoms with van der Waals surface area (Å²) in [6.45, 7) is 6.37. The van der Waals surface area contributed by atoms with Gasteiger partial charge in [-0.15, -0.1) is 0 Å². The first-order valence-electron chi connectivity index (χ1n) is 9.09. The van der Waals surface area contributed by atoms with E-state index in [1.54, 1.807) is 6.92 Å². The van der Waals surface area contributed by atoms with Gasteiger partial charge in [0.05, 0.1) is 13.2 Å². The van der Waals surface area contributed by atoms with E-state index >= 15 is 0 Å². The van der Waals surface area contributed by atoms with Crippen LogP contribution in [0.3, 0.4) is 0 Å². The molecule has 24 heavy (non-hydrogen) atoms. The van der Waals surface area contributed by atoms with Gasteiger partial charge in [0.25, 0.3) is 0 Å². The number of hydrogen-bond acceptors (Lipinski definition) is 3. The van der Waals surface area contributed by atoms with E-state index in [0.29, 0.717) is 11.5 Å². The molecule has 0 bridgehead atoms. The molecule has 0 aromatic heterocycles. The van der Waals surface area contributed by atoms with Gasteiger partial charge in [-0.3, -0.25) is 0 Å². The molecular formula is C20H32O4. The van der Waals surface area contributed by atoms with Crippen molar-refractivity contribution in [3.8, 4) is 0 Å². The molecule has 0 heterocycles. The second-order valence-corrected chi connectivity index (χ2v) is 8.20. The van der Waals surface area contributed by atoms with Gasteiger partial charge in [0, 0.05) is 11.5 Å². The van der Waals surface area contributed by atoms with Gasteiger partial charge >= 0.3 is 5.97 Å². The Morgan fingerprint density at radius 3 is 2.62 bits per heavy atom. The fourth-order valence-electron chi connectivity index (χ4n) is 5.33. The highest BCUT2D eigenvalue weighted by molar-refractivity contribution is 5.85. The summed E-state index contributed by atoms with van der Waals surface area (Å²) in [4.78, 5) is 11.0. The highest BCUT2D eigenvalue weighted by atomic mass is 16.4. The largest absolute Gasteiger partial charge is 0.478 e. The number of fused-ring (bicyclic) bond motifs is 1. The smallest absolute Gasteiger partial charge is 0.330 e. The predicted octanol–water partition coefficient (Wildman–Crippen LogP) is 3.54. The molecular weight excluding hydrogens is 304 g/mol. The summed E-state index contributed by atoms with van der Waals surface area (Å²) in [7, 11) is 0. The molecule has 0 aromatic rings. The van der Waals surface area contributed by atoms with Crippen LogP contribution in [0.4, 0.5) is 0 Å². The van der Waals surface area contributed by atoms with Gasteiger partial charge in [-0.25, -0.2) is 4.79 Å². The number of carboxylic acids is 1. The molecule has 2 aliphatic rings. The van der Waals surface area contributed by atoms with E-state index in [-0.39, 0.29) is 30.0 Å². The molecule has 4 nitrogen and oxygen atoms in total. The fourth-order valence-corrected chi connectivity index (χ4v) is 5.33. The van der Waals surface area contributed by atoms with Crippen LogP contribution in [0.1, 0.15) is 59.3 Å². The van der Waals surface area contributed by atoms with Crippen LogP contribution in [0.25, 0.3) is 0 Å². The van der Waals surface area contributed by atoms with E-state index in [1.165, 1.54) is 0 Å². The highest BCUT2D eigenvalue weighted by Crippen LogP contribution is 2.61. The Labute approximate surface area is 145 Å². The highest BCUT2D eigenvalue weighted by Gasteiger charge is 2.53. The average Bonchev–Trinajstić information content (AvgIpc) is 2.53. The molecule has 0 unspecified atom stereocenters. The van der Waals surface area contributed by atoms with E-state index in [0.717, 1.165) is 44.1 Å². The minimum atomic E-state index is -0.845. The molecule has 0 aromatic carbocycles. The Bertz CT molecular complexity index is 536. The van der Waals surface area contributed by atoms with Crippen molar-refractivity contribution in [3.63, 3.8) is 0 Å². The van der Waals surface area contributed by atoms with Crippen molar-refractivity contribution in [3.05, 3.63) is 23.3 Å². The lowest BCUT2D eigenvalue weighted by atomic mass is 9.47. The molecule has 1 fully saturated rings. The van der Waals surface area contributed by atoms with Crippen LogP contribution in [0.5, 0.6) is 0 Å². The van der Waals surface area contributed by atoms with Crippen molar-refractivity contribution in [1.29, 1.82) is 0 Å². The van der Waals surface area contributed by atoms with Crippen molar-refractivity contribution >= 4 is 5.97 Å². The number of aliphatic hydroxyl groups excluding tert-OH is 2. The molecule has 3 N–H and O–H groups in total. The van der Waals surface area contributed by atoms with Gasteiger partial charge < -0.3 is 15.3 Å². The van der Waals surface area contributed by atoms with Crippen LogP contribution in [0.15, 0.2) is 23.3 Å². The molecule has 2 rings (SSSR count). The van der Waals surface area contributed by atoms with Crippen LogP contribution in [0, 0.1) is 22.7 Å². The van der Waals surface area contributed by atoms with Crippen molar-refractivity contribution in [1.82, 2.24) is 0 Å². The number of carboxylic acid groups (broad SMARTS) is 1. The number of hydrogen-bond donors (Lipinski definition) is 3. The Morgan fingerprint density at radius 1 is 1.33 bits per heavy atom. The van der Waals surface area contributed by atoms with Gasteiger partial charge in [-0.2, -0.15) is 0 Å². The van der Waals surface area contributed by atoms with Crippen molar-refractivity contribution in [2.75, 3.05) is 13.2 Å². The molecule has 1 saturated carbocycles. The minimum absolute atomic E-state index is 0.0140. The second-order valence-electron chi connectivity index (χ2n) is 8.20. The molecule has 0 aliphatic heterocycles. The van der Waals surface area contributed by atoms with Crippen LogP contribution >= 0.6 is 0 Å². The molecule has 4 atom stereocenters. The topological polar surface area (TPSA) is 77.8 Å². The van der Waals surface area contributed by atoms with Gasteiger partial charge in [0.2, 0.25) is 0 Å². The van der Waals surface area contributed by atoms with Gasteiger partial charge in [0.1, 0.15) is 0 Å². The summed E-state index contributed by atoms with van der Waals surface area (Å²) in [6.07, 6.45) is 10.0. The quantitative estimate of drug-likeness (QED) is 0.512. The first-order chi connectivity index (χ1) is 11.3. The number of aliphatic carboxylic acids is 1. The third-order valence-electron chi connectivity index (χ3n) is 6.83. The van der Waals surface area contributed by atoms with Crippen LogP contribution in [-0.4, -0.2) is 34.5 Å². The molecule has 4 heteroatoms. The average molecular weight is 336 g/mol. The van der Waals surface area contributed by atoms with Gasteiger partial charge in [-0.1, -0.05) is 32.4 Å². The molecule has 0 amide bonds. The van der Waals surface area contributed by atoms with Crippen LogP contribution in [0.2, 0.25) is 0 Å². The number of allylic oxidation sites excluding steroid dienone is 2. The maximum atomic E-state index is 11.0. The standard InChI is InChI=1S/C20H32O4/c1-14(18(23)24)6-4-9-19(2)10-5-11-20(3)16(13-22)15(12-21)7-8-17(19)20/h6-7,16-17,21-22H,4-5,8-13H2,1-3H3,(H,23,24)/b14-6+/t16-,17-,19+,20+/m0/s1. The first kappa shape index (κ1) is 19.2. The second kappa shape index (κ2) is 7.40. The summed E-state index contributed by atoms with van der Waals surface area (Å²) in [5.41, 5.74) is 1.56. The third kappa shape index (κ3) is 3.45. The number of carbonyl (C=O) groups is 1. The Hall–Kier alpha value is -1.13. The summed E-state index contributed by atoms with van der Waals surface area (Å²) in [6, 6.07) is 0. The first-order valence-corrected chi connectivity index (χ1v) is 9.09. The Kier molecular flexibility index (Phi) is 5.92. The van der Waals surface area contributed by atoms with Crippen molar-refractivity contribution in [2.45, 2.75) is 59.3 Å². The maximum absolute atomic E-state index is 11.0. The molecule has 0 saturated heterocycles. The summed E-state index contributed by atoms with van der Waals surface area (Å²) in [5, 5.41) is 28.6. The lowest BCUT2D eigenvalue weighted by molar-refractivity contribution is -0.132. The lowest BCUT2D eigenvalue weighted by Crippen LogP contribution is -2.51. The molecule has 0 spiro atoms. The summed E-state index contributed by atoms with van der Waals surface area (Å²) >= 11 is 0. The Balaban J connectivity index is 2.22. The monoisotopic (exact) mass is 336 g/mol. The minimum Gasteiger partial charge on any atom is -0.478 e. The van der Waals surface area contributed by atoms with Gasteiger partial charge in [0.15, 0.2) is 0 Å². The SMILES string of the molecule is C/C(=C\CC[C@]1(C)CCC[C@]2(C)[C@@H](CO)C(CO)=CC[C@@H]12)C(=O)O.